The smallest absolute Gasteiger partial charge is 0.157 e. The molecule has 0 aromatic heterocycles. The number of ether oxygens (including phenoxy) is 5. The molecule has 0 spiro atoms. The van der Waals surface area contributed by atoms with Crippen LogP contribution in [-0.2, 0) is 23.7 Å². The Kier molecular flexibility index (Phi) is 15.6. The lowest BCUT2D eigenvalue weighted by atomic mass is 10.2. The van der Waals surface area contributed by atoms with Crippen molar-refractivity contribution in [3.05, 3.63) is 0 Å². The van der Waals surface area contributed by atoms with Gasteiger partial charge in [-0.15, -0.1) is 11.6 Å². The van der Waals surface area contributed by atoms with Gasteiger partial charge in [-0.05, 0) is 32.1 Å². The molecule has 0 saturated carbocycles. The summed E-state index contributed by atoms with van der Waals surface area (Å²) in [6.45, 7) is 5.25. The first-order valence-electron chi connectivity index (χ1n) is 8.96. The van der Waals surface area contributed by atoms with Gasteiger partial charge in [-0.2, -0.15) is 0 Å². The maximum Gasteiger partial charge on any atom is 0.157 e. The van der Waals surface area contributed by atoms with E-state index in [0.29, 0.717) is 39.6 Å². The number of hydrogen-bond acceptors (Lipinski definition) is 5. The molecule has 6 heteroatoms. The summed E-state index contributed by atoms with van der Waals surface area (Å²) in [5.41, 5.74) is 0. The monoisotopic (exact) mass is 352 g/mol. The number of rotatable bonds is 16. The molecule has 1 aliphatic heterocycles. The molecule has 0 aromatic rings. The first-order chi connectivity index (χ1) is 11.4. The zero-order valence-corrected chi connectivity index (χ0v) is 15.1. The standard InChI is InChI=1S/C17H33ClO5/c18-8-4-1-2-5-9-19-11-12-20-13-14-21-15-16-23-17-7-3-6-10-22-17/h17H,1-16H2. The summed E-state index contributed by atoms with van der Waals surface area (Å²) < 4.78 is 27.4. The predicted octanol–water partition coefficient (Wildman–Crippen LogP) is 3.38. The number of unbranched alkanes of at least 4 members (excludes halogenated alkanes) is 3. The van der Waals surface area contributed by atoms with E-state index in [9.17, 15) is 0 Å². The van der Waals surface area contributed by atoms with Crippen molar-refractivity contribution in [1.82, 2.24) is 0 Å². The van der Waals surface area contributed by atoms with Gasteiger partial charge in [0.2, 0.25) is 0 Å². The fourth-order valence-corrected chi connectivity index (χ4v) is 2.46. The minimum atomic E-state index is -0.0318. The van der Waals surface area contributed by atoms with Crippen LogP contribution in [0.4, 0.5) is 0 Å². The highest BCUT2D eigenvalue weighted by molar-refractivity contribution is 6.17. The molecule has 1 unspecified atom stereocenters. The van der Waals surface area contributed by atoms with E-state index >= 15 is 0 Å². The van der Waals surface area contributed by atoms with E-state index in [1.165, 1.54) is 19.3 Å². The van der Waals surface area contributed by atoms with Gasteiger partial charge >= 0.3 is 0 Å². The number of halogens is 1. The minimum Gasteiger partial charge on any atom is -0.379 e. The van der Waals surface area contributed by atoms with Gasteiger partial charge in [-0.25, -0.2) is 0 Å². The van der Waals surface area contributed by atoms with Crippen molar-refractivity contribution in [1.29, 1.82) is 0 Å². The van der Waals surface area contributed by atoms with E-state index in [0.717, 1.165) is 44.8 Å². The Labute approximate surface area is 145 Å². The van der Waals surface area contributed by atoms with Crippen LogP contribution in [0.3, 0.4) is 0 Å². The fourth-order valence-electron chi connectivity index (χ4n) is 2.28. The first kappa shape index (κ1) is 21.1. The van der Waals surface area contributed by atoms with E-state index in [1.54, 1.807) is 0 Å². The molecule has 1 rings (SSSR count). The van der Waals surface area contributed by atoms with Crippen molar-refractivity contribution in [2.75, 3.05) is 58.7 Å². The Bertz CT molecular complexity index is 237. The molecule has 1 heterocycles. The third-order valence-corrected chi connectivity index (χ3v) is 3.85. The maximum absolute atomic E-state index is 5.62. The van der Waals surface area contributed by atoms with Crippen LogP contribution < -0.4 is 0 Å². The van der Waals surface area contributed by atoms with Crippen LogP contribution >= 0.6 is 11.6 Å². The van der Waals surface area contributed by atoms with Gasteiger partial charge in [0.25, 0.3) is 0 Å². The van der Waals surface area contributed by atoms with Gasteiger partial charge in [0.1, 0.15) is 0 Å². The molecule has 0 aliphatic carbocycles. The molecule has 0 aromatic carbocycles. The molecule has 23 heavy (non-hydrogen) atoms. The summed E-state index contributed by atoms with van der Waals surface area (Å²) in [5, 5.41) is 0. The molecular weight excluding hydrogens is 320 g/mol. The van der Waals surface area contributed by atoms with Crippen LogP contribution in [0.2, 0.25) is 0 Å². The van der Waals surface area contributed by atoms with Crippen molar-refractivity contribution >= 4 is 11.6 Å². The summed E-state index contributed by atoms with van der Waals surface area (Å²) in [4.78, 5) is 0. The van der Waals surface area contributed by atoms with Gasteiger partial charge < -0.3 is 23.7 Å². The van der Waals surface area contributed by atoms with Crippen molar-refractivity contribution in [2.45, 2.75) is 51.2 Å². The molecule has 5 nitrogen and oxygen atoms in total. The zero-order chi connectivity index (χ0) is 16.4. The van der Waals surface area contributed by atoms with E-state index in [1.807, 2.05) is 0 Å². The summed E-state index contributed by atoms with van der Waals surface area (Å²) in [5.74, 6) is 0.761. The molecule has 0 bridgehead atoms. The normalized spacial score (nSPS) is 18.4. The Morgan fingerprint density at radius 3 is 2.04 bits per heavy atom. The molecular formula is C17H33ClO5. The average Bonchev–Trinajstić information content (AvgIpc) is 2.59. The summed E-state index contributed by atoms with van der Waals surface area (Å²) in [6, 6.07) is 0. The van der Waals surface area contributed by atoms with Crippen LogP contribution in [0.25, 0.3) is 0 Å². The highest BCUT2D eigenvalue weighted by atomic mass is 35.5. The van der Waals surface area contributed by atoms with Gasteiger partial charge in [-0.1, -0.05) is 12.8 Å². The number of hydrogen-bond donors (Lipinski definition) is 0. The Morgan fingerprint density at radius 2 is 1.39 bits per heavy atom. The molecule has 0 amide bonds. The Morgan fingerprint density at radius 1 is 0.739 bits per heavy atom. The molecule has 138 valence electrons. The largest absolute Gasteiger partial charge is 0.379 e. The quantitative estimate of drug-likeness (QED) is 0.315. The van der Waals surface area contributed by atoms with Gasteiger partial charge in [0.15, 0.2) is 6.29 Å². The van der Waals surface area contributed by atoms with E-state index in [4.69, 9.17) is 35.3 Å². The van der Waals surface area contributed by atoms with Crippen LogP contribution in [0.5, 0.6) is 0 Å². The predicted molar refractivity (Wildman–Crippen MR) is 91.2 cm³/mol. The molecule has 1 saturated heterocycles. The van der Waals surface area contributed by atoms with Crippen LogP contribution in [0.1, 0.15) is 44.9 Å². The Hall–Kier alpha value is 0.0900. The topological polar surface area (TPSA) is 46.2 Å². The SMILES string of the molecule is ClCCCCCCOCCOCCOCCOC1CCCCO1. The second-order valence-electron chi connectivity index (χ2n) is 5.61. The maximum atomic E-state index is 5.62. The Balaban J connectivity index is 1.67. The summed E-state index contributed by atoms with van der Waals surface area (Å²) in [7, 11) is 0. The molecule has 0 N–H and O–H groups in total. The highest BCUT2D eigenvalue weighted by Gasteiger charge is 2.13. The lowest BCUT2D eigenvalue weighted by Crippen LogP contribution is -2.24. The second-order valence-corrected chi connectivity index (χ2v) is 5.99. The lowest BCUT2D eigenvalue weighted by Gasteiger charge is -2.22. The fraction of sp³-hybridized carbons (Fsp3) is 1.00. The van der Waals surface area contributed by atoms with Gasteiger partial charge in [0, 0.05) is 19.1 Å². The lowest BCUT2D eigenvalue weighted by molar-refractivity contribution is -0.169. The zero-order valence-electron chi connectivity index (χ0n) is 14.3. The van der Waals surface area contributed by atoms with Crippen LogP contribution in [0, 0.1) is 0 Å². The van der Waals surface area contributed by atoms with Crippen molar-refractivity contribution in [3.63, 3.8) is 0 Å². The average molecular weight is 353 g/mol. The number of alkyl halides is 1. The van der Waals surface area contributed by atoms with E-state index in [2.05, 4.69) is 0 Å². The molecule has 0 radical (unpaired) electrons. The third kappa shape index (κ3) is 14.2. The molecule has 1 aliphatic rings. The van der Waals surface area contributed by atoms with Crippen LogP contribution in [0.15, 0.2) is 0 Å². The van der Waals surface area contributed by atoms with Crippen molar-refractivity contribution < 1.29 is 23.7 Å². The van der Waals surface area contributed by atoms with E-state index in [-0.39, 0.29) is 6.29 Å². The van der Waals surface area contributed by atoms with Gasteiger partial charge in [0.05, 0.1) is 39.6 Å². The van der Waals surface area contributed by atoms with Crippen molar-refractivity contribution in [2.24, 2.45) is 0 Å². The second kappa shape index (κ2) is 16.9. The summed E-state index contributed by atoms with van der Waals surface area (Å²) in [6.07, 6.45) is 7.88. The first-order valence-corrected chi connectivity index (χ1v) is 9.49. The molecule has 1 atom stereocenters. The van der Waals surface area contributed by atoms with Crippen LogP contribution in [-0.4, -0.2) is 65.0 Å². The van der Waals surface area contributed by atoms with E-state index < -0.39 is 0 Å². The van der Waals surface area contributed by atoms with Gasteiger partial charge in [-0.3, -0.25) is 0 Å². The highest BCUT2D eigenvalue weighted by Crippen LogP contribution is 2.13. The molecule has 1 fully saturated rings. The third-order valence-electron chi connectivity index (χ3n) is 3.59. The minimum absolute atomic E-state index is 0.0318. The summed E-state index contributed by atoms with van der Waals surface area (Å²) >= 11 is 5.62. The van der Waals surface area contributed by atoms with Crippen molar-refractivity contribution in [3.8, 4) is 0 Å².